The van der Waals surface area contributed by atoms with Crippen LogP contribution >= 0.6 is 0 Å². The highest BCUT2D eigenvalue weighted by Gasteiger charge is 2.25. The van der Waals surface area contributed by atoms with E-state index in [2.05, 4.69) is 84.1 Å². The minimum Gasteiger partial charge on any atom is -0.492 e. The van der Waals surface area contributed by atoms with Gasteiger partial charge in [0.25, 0.3) is 0 Å². The van der Waals surface area contributed by atoms with E-state index < -0.39 is 0 Å². The van der Waals surface area contributed by atoms with E-state index in [1.54, 1.807) is 0 Å². The molecule has 186 valence electrons. The fourth-order valence-electron chi connectivity index (χ4n) is 5.02. The Kier molecular flexibility index (Phi) is 9.25. The molecule has 0 amide bonds. The number of piperazine rings is 1. The van der Waals surface area contributed by atoms with Crippen molar-refractivity contribution < 1.29 is 9.47 Å². The maximum atomic E-state index is 6.04. The molecule has 2 aromatic rings. The molecule has 5 heteroatoms. The molecule has 0 spiro atoms. The van der Waals surface area contributed by atoms with Crippen LogP contribution in [0.25, 0.3) is 0 Å². The van der Waals surface area contributed by atoms with Crippen molar-refractivity contribution in [1.29, 1.82) is 0 Å². The summed E-state index contributed by atoms with van der Waals surface area (Å²) in [6, 6.07) is 17.6. The summed E-state index contributed by atoms with van der Waals surface area (Å²) < 4.78 is 12.1. The maximum Gasteiger partial charge on any atom is 0.119 e. The molecule has 34 heavy (non-hydrogen) atoms. The Morgan fingerprint density at radius 2 is 1.41 bits per heavy atom. The van der Waals surface area contributed by atoms with Crippen LogP contribution in [0.5, 0.6) is 11.5 Å². The first-order valence-electron chi connectivity index (χ1n) is 13.1. The lowest BCUT2D eigenvalue weighted by Crippen LogP contribution is -2.53. The molecule has 1 atom stereocenters. The van der Waals surface area contributed by atoms with Crippen LogP contribution in [0, 0.1) is 12.8 Å². The Morgan fingerprint density at radius 3 is 2.09 bits per heavy atom. The summed E-state index contributed by atoms with van der Waals surface area (Å²) >= 11 is 0. The van der Waals surface area contributed by atoms with E-state index in [1.807, 2.05) is 0 Å². The quantitative estimate of drug-likeness (QED) is 0.520. The molecule has 0 radical (unpaired) electrons. The van der Waals surface area contributed by atoms with Crippen molar-refractivity contribution in [3.63, 3.8) is 0 Å². The zero-order valence-electron chi connectivity index (χ0n) is 21.4. The van der Waals surface area contributed by atoms with Gasteiger partial charge >= 0.3 is 0 Å². The summed E-state index contributed by atoms with van der Waals surface area (Å²) in [6.07, 6.45) is 3.70. The molecule has 2 heterocycles. The summed E-state index contributed by atoms with van der Waals surface area (Å²) in [7, 11) is 2.23. The van der Waals surface area contributed by atoms with Crippen molar-refractivity contribution in [1.82, 2.24) is 14.7 Å². The van der Waals surface area contributed by atoms with Crippen LogP contribution in [0.15, 0.2) is 48.5 Å². The first-order chi connectivity index (χ1) is 16.5. The predicted molar refractivity (Wildman–Crippen MR) is 140 cm³/mol. The zero-order chi connectivity index (χ0) is 23.8. The molecular weight excluding hydrogens is 422 g/mol. The SMILES string of the molecule is Cc1ccc(OCCN2CCN(C)CC2Cc2ccc(OCCN3CCC(C)CC3)cc2)cc1. The molecule has 2 aromatic carbocycles. The first kappa shape index (κ1) is 25.0. The van der Waals surface area contributed by atoms with Crippen LogP contribution in [0.2, 0.25) is 0 Å². The molecule has 4 rings (SSSR count). The number of hydrogen-bond acceptors (Lipinski definition) is 5. The second-order valence-electron chi connectivity index (χ2n) is 10.3. The lowest BCUT2D eigenvalue weighted by atomic mass is 9.99. The summed E-state index contributed by atoms with van der Waals surface area (Å²) in [5.74, 6) is 2.82. The van der Waals surface area contributed by atoms with Crippen molar-refractivity contribution in [3.8, 4) is 11.5 Å². The van der Waals surface area contributed by atoms with Gasteiger partial charge in [0.2, 0.25) is 0 Å². The maximum absolute atomic E-state index is 6.04. The number of likely N-dealkylation sites (tertiary alicyclic amines) is 1. The molecule has 5 nitrogen and oxygen atoms in total. The van der Waals surface area contributed by atoms with Gasteiger partial charge in [-0.3, -0.25) is 9.80 Å². The second kappa shape index (κ2) is 12.6. The molecule has 0 N–H and O–H groups in total. The van der Waals surface area contributed by atoms with Gasteiger partial charge in [-0.15, -0.1) is 0 Å². The van der Waals surface area contributed by atoms with E-state index >= 15 is 0 Å². The fourth-order valence-corrected chi connectivity index (χ4v) is 5.02. The minimum absolute atomic E-state index is 0.508. The van der Waals surface area contributed by atoms with Gasteiger partial charge in [0.1, 0.15) is 24.7 Å². The van der Waals surface area contributed by atoms with Crippen molar-refractivity contribution in [2.45, 2.75) is 39.2 Å². The Balaban J connectivity index is 1.22. The fraction of sp³-hybridized carbons (Fsp3) is 0.586. The average Bonchev–Trinajstić information content (AvgIpc) is 2.84. The van der Waals surface area contributed by atoms with Gasteiger partial charge in [0.05, 0.1) is 0 Å². The van der Waals surface area contributed by atoms with Crippen LogP contribution in [0.1, 0.15) is 30.9 Å². The highest BCUT2D eigenvalue weighted by molar-refractivity contribution is 5.28. The normalized spacial score (nSPS) is 21.0. The lowest BCUT2D eigenvalue weighted by Gasteiger charge is -2.40. The number of likely N-dealkylation sites (N-methyl/N-ethyl adjacent to an activating group) is 1. The molecule has 2 aliphatic heterocycles. The van der Waals surface area contributed by atoms with Crippen molar-refractivity contribution in [3.05, 3.63) is 59.7 Å². The van der Waals surface area contributed by atoms with Crippen molar-refractivity contribution in [2.75, 3.05) is 66.1 Å². The monoisotopic (exact) mass is 465 g/mol. The molecule has 2 fully saturated rings. The second-order valence-corrected chi connectivity index (χ2v) is 10.3. The van der Waals surface area contributed by atoms with Gasteiger partial charge in [0.15, 0.2) is 0 Å². The van der Waals surface area contributed by atoms with Gasteiger partial charge < -0.3 is 14.4 Å². The van der Waals surface area contributed by atoms with Crippen LogP contribution in [0.3, 0.4) is 0 Å². The average molecular weight is 466 g/mol. The third kappa shape index (κ3) is 7.72. The largest absolute Gasteiger partial charge is 0.492 e. The molecule has 0 aromatic heterocycles. The van der Waals surface area contributed by atoms with E-state index in [0.29, 0.717) is 6.04 Å². The highest BCUT2D eigenvalue weighted by atomic mass is 16.5. The van der Waals surface area contributed by atoms with Gasteiger partial charge in [-0.25, -0.2) is 0 Å². The van der Waals surface area contributed by atoms with E-state index in [4.69, 9.17) is 9.47 Å². The van der Waals surface area contributed by atoms with Gasteiger partial charge in [-0.05, 0) is 82.1 Å². The predicted octanol–water partition coefficient (Wildman–Crippen LogP) is 4.34. The Bertz CT molecular complexity index is 847. The number of ether oxygens (including phenoxy) is 2. The number of benzene rings is 2. The summed E-state index contributed by atoms with van der Waals surface area (Å²) in [6.45, 7) is 13.7. The number of piperidine rings is 1. The Hall–Kier alpha value is -2.08. The van der Waals surface area contributed by atoms with Crippen LogP contribution in [-0.2, 0) is 6.42 Å². The molecule has 0 bridgehead atoms. The topological polar surface area (TPSA) is 28.2 Å². The number of aryl methyl sites for hydroxylation is 1. The molecule has 0 aliphatic carbocycles. The third-order valence-electron chi connectivity index (χ3n) is 7.42. The third-order valence-corrected chi connectivity index (χ3v) is 7.42. The lowest BCUT2D eigenvalue weighted by molar-refractivity contribution is 0.0765. The Morgan fingerprint density at radius 1 is 0.794 bits per heavy atom. The van der Waals surface area contributed by atoms with E-state index in [1.165, 1.54) is 37.1 Å². The van der Waals surface area contributed by atoms with Crippen molar-refractivity contribution >= 4 is 0 Å². The molecule has 0 saturated carbocycles. The first-order valence-corrected chi connectivity index (χ1v) is 13.1. The Labute approximate surface area is 206 Å². The number of hydrogen-bond donors (Lipinski definition) is 0. The van der Waals surface area contributed by atoms with Crippen LogP contribution in [-0.4, -0.2) is 86.8 Å². The van der Waals surface area contributed by atoms with E-state index in [-0.39, 0.29) is 0 Å². The standard InChI is InChI=1S/C29H43N3O2/c1-24-4-8-28(9-5-24)34-21-19-32-17-16-30(3)23-27(32)22-26-6-10-29(11-7-26)33-20-18-31-14-12-25(2)13-15-31/h4-11,25,27H,12-23H2,1-3H3. The van der Waals surface area contributed by atoms with Gasteiger partial charge in [0, 0.05) is 38.8 Å². The van der Waals surface area contributed by atoms with Crippen LogP contribution < -0.4 is 9.47 Å². The molecule has 1 unspecified atom stereocenters. The molecule has 2 saturated heterocycles. The van der Waals surface area contributed by atoms with Crippen LogP contribution in [0.4, 0.5) is 0 Å². The van der Waals surface area contributed by atoms with E-state index in [0.717, 1.165) is 69.8 Å². The zero-order valence-corrected chi connectivity index (χ0v) is 21.4. The molecular formula is C29H43N3O2. The van der Waals surface area contributed by atoms with Crippen molar-refractivity contribution in [2.24, 2.45) is 5.92 Å². The smallest absolute Gasteiger partial charge is 0.119 e. The highest BCUT2D eigenvalue weighted by Crippen LogP contribution is 2.19. The number of nitrogens with zero attached hydrogens (tertiary/aromatic N) is 3. The summed E-state index contributed by atoms with van der Waals surface area (Å²) in [5.41, 5.74) is 2.64. The summed E-state index contributed by atoms with van der Waals surface area (Å²) in [5, 5.41) is 0. The number of rotatable bonds is 10. The van der Waals surface area contributed by atoms with Gasteiger partial charge in [-0.1, -0.05) is 36.8 Å². The summed E-state index contributed by atoms with van der Waals surface area (Å²) in [4.78, 5) is 7.57. The molecule has 2 aliphatic rings. The minimum atomic E-state index is 0.508. The van der Waals surface area contributed by atoms with E-state index in [9.17, 15) is 0 Å². The van der Waals surface area contributed by atoms with Gasteiger partial charge in [-0.2, -0.15) is 0 Å².